The van der Waals surface area contributed by atoms with Gasteiger partial charge in [0.15, 0.2) is 0 Å². The number of β-amino-alcohol motifs (C(OH)–C–C–N with tert-alkyl or cyclic N) is 1. The lowest BCUT2D eigenvalue weighted by molar-refractivity contribution is 0.0122. The summed E-state index contributed by atoms with van der Waals surface area (Å²) in [4.78, 5) is 4.80. The molecule has 0 bridgehead atoms. The van der Waals surface area contributed by atoms with Gasteiger partial charge in [-0.1, -0.05) is 13.8 Å². The van der Waals surface area contributed by atoms with Gasteiger partial charge in [0.1, 0.15) is 0 Å². The second-order valence-electron chi connectivity index (χ2n) is 6.73. The Hall–Kier alpha value is -0.160. The van der Waals surface area contributed by atoms with Gasteiger partial charge in [-0.15, -0.1) is 0 Å². The topological polar surface area (TPSA) is 35.9 Å². The summed E-state index contributed by atoms with van der Waals surface area (Å²) >= 11 is 0. The predicted molar refractivity (Wildman–Crippen MR) is 79.5 cm³/mol. The van der Waals surface area contributed by atoms with Crippen molar-refractivity contribution in [3.05, 3.63) is 0 Å². The third-order valence-corrected chi connectivity index (χ3v) is 3.47. The number of hydrogen-bond donors (Lipinski definition) is 1. The molecule has 1 rings (SSSR count). The smallest absolute Gasteiger partial charge is 0.0718 e. The fraction of sp³-hybridized carbons (Fsp3) is 1.00. The van der Waals surface area contributed by atoms with Gasteiger partial charge in [0, 0.05) is 45.9 Å². The lowest BCUT2D eigenvalue weighted by Gasteiger charge is -2.37. The van der Waals surface area contributed by atoms with Crippen LogP contribution in [0.4, 0.5) is 0 Å². The second kappa shape index (κ2) is 8.20. The van der Waals surface area contributed by atoms with Gasteiger partial charge >= 0.3 is 0 Å². The Balaban J connectivity index is 2.04. The molecule has 4 nitrogen and oxygen atoms in total. The van der Waals surface area contributed by atoms with E-state index >= 15 is 0 Å². The Morgan fingerprint density at radius 1 is 1.05 bits per heavy atom. The van der Waals surface area contributed by atoms with Crippen LogP contribution in [-0.4, -0.2) is 73.0 Å². The van der Waals surface area contributed by atoms with Crippen molar-refractivity contribution in [2.45, 2.75) is 39.7 Å². The summed E-state index contributed by atoms with van der Waals surface area (Å²) in [6.07, 6.45) is 1.15. The first-order valence-corrected chi connectivity index (χ1v) is 7.61. The van der Waals surface area contributed by atoms with Gasteiger partial charge in [-0.2, -0.15) is 0 Å². The van der Waals surface area contributed by atoms with Gasteiger partial charge in [0.05, 0.1) is 12.2 Å². The molecular formula is C15H32N2O2. The Labute approximate surface area is 118 Å². The molecule has 4 heteroatoms. The average Bonchev–Trinajstić information content (AvgIpc) is 2.28. The average molecular weight is 272 g/mol. The summed E-state index contributed by atoms with van der Waals surface area (Å²) < 4.78 is 5.66. The summed E-state index contributed by atoms with van der Waals surface area (Å²) in [5.74, 6) is 0.727. The lowest BCUT2D eigenvalue weighted by Crippen LogP contribution is -2.51. The highest BCUT2D eigenvalue weighted by Crippen LogP contribution is 2.08. The molecule has 0 aromatic rings. The molecule has 0 unspecified atom stereocenters. The zero-order valence-corrected chi connectivity index (χ0v) is 13.2. The van der Waals surface area contributed by atoms with E-state index in [9.17, 15) is 5.11 Å². The molecule has 1 saturated heterocycles. The van der Waals surface area contributed by atoms with Crippen LogP contribution in [0.1, 0.15) is 34.1 Å². The number of nitrogens with zero attached hydrogens (tertiary/aromatic N) is 2. The summed E-state index contributed by atoms with van der Waals surface area (Å²) in [6.45, 7) is 16.0. The largest absolute Gasteiger partial charge is 0.389 e. The van der Waals surface area contributed by atoms with E-state index in [4.69, 9.17) is 4.74 Å². The first-order valence-electron chi connectivity index (χ1n) is 7.61. The fourth-order valence-corrected chi connectivity index (χ4v) is 2.33. The van der Waals surface area contributed by atoms with Crippen LogP contribution in [0.5, 0.6) is 0 Å². The maximum Gasteiger partial charge on any atom is 0.0718 e. The van der Waals surface area contributed by atoms with Gasteiger partial charge in [0.25, 0.3) is 0 Å². The maximum atomic E-state index is 9.81. The molecule has 1 N–H and O–H groups in total. The van der Waals surface area contributed by atoms with Crippen molar-refractivity contribution >= 4 is 0 Å². The lowest BCUT2D eigenvalue weighted by atomic mass is 10.1. The summed E-state index contributed by atoms with van der Waals surface area (Å²) in [7, 11) is 0. The van der Waals surface area contributed by atoms with Crippen LogP contribution in [-0.2, 0) is 4.74 Å². The molecule has 0 amide bonds. The minimum atomic E-state index is -0.581. The van der Waals surface area contributed by atoms with Gasteiger partial charge in [0.2, 0.25) is 0 Å². The van der Waals surface area contributed by atoms with Crippen molar-refractivity contribution in [1.29, 1.82) is 0 Å². The highest BCUT2D eigenvalue weighted by atomic mass is 16.5. The van der Waals surface area contributed by atoms with Gasteiger partial charge in [-0.3, -0.25) is 9.80 Å². The maximum absolute atomic E-state index is 9.81. The van der Waals surface area contributed by atoms with E-state index < -0.39 is 5.60 Å². The number of aliphatic hydroxyl groups is 1. The normalized spacial score (nSPS) is 19.3. The van der Waals surface area contributed by atoms with Crippen LogP contribution in [0.2, 0.25) is 0 Å². The molecule has 0 radical (unpaired) electrons. The Morgan fingerprint density at radius 2 is 1.63 bits per heavy atom. The second-order valence-corrected chi connectivity index (χ2v) is 6.73. The van der Waals surface area contributed by atoms with Crippen LogP contribution in [0.15, 0.2) is 0 Å². The SMILES string of the molecule is CC(C)CCOCCN1CCN(CC(C)(C)O)CC1. The molecule has 0 spiro atoms. The molecule has 114 valence electrons. The zero-order valence-electron chi connectivity index (χ0n) is 13.2. The quantitative estimate of drug-likeness (QED) is 0.678. The molecule has 1 aliphatic heterocycles. The molecular weight excluding hydrogens is 240 g/mol. The van der Waals surface area contributed by atoms with Crippen molar-refractivity contribution in [3.8, 4) is 0 Å². The van der Waals surface area contributed by atoms with Crippen molar-refractivity contribution < 1.29 is 9.84 Å². The van der Waals surface area contributed by atoms with E-state index in [1.807, 2.05) is 13.8 Å². The van der Waals surface area contributed by atoms with E-state index in [1.165, 1.54) is 0 Å². The summed E-state index contributed by atoms with van der Waals surface area (Å²) in [6, 6.07) is 0. The third kappa shape index (κ3) is 8.58. The molecule has 0 saturated carbocycles. The molecule has 1 aliphatic rings. The minimum absolute atomic E-state index is 0.581. The molecule has 0 aromatic carbocycles. The third-order valence-electron chi connectivity index (χ3n) is 3.47. The van der Waals surface area contributed by atoms with Crippen LogP contribution < -0.4 is 0 Å². The predicted octanol–water partition coefficient (Wildman–Crippen LogP) is 1.44. The summed E-state index contributed by atoms with van der Waals surface area (Å²) in [5.41, 5.74) is -0.581. The molecule has 0 aliphatic carbocycles. The van der Waals surface area contributed by atoms with E-state index in [0.717, 1.165) is 64.8 Å². The molecule has 19 heavy (non-hydrogen) atoms. The van der Waals surface area contributed by atoms with E-state index in [-0.39, 0.29) is 0 Å². The Morgan fingerprint density at radius 3 is 2.16 bits per heavy atom. The van der Waals surface area contributed by atoms with Crippen molar-refractivity contribution in [2.75, 3.05) is 52.5 Å². The van der Waals surface area contributed by atoms with Gasteiger partial charge in [-0.25, -0.2) is 0 Å². The Bertz CT molecular complexity index is 231. The first kappa shape index (κ1) is 16.9. The molecule has 1 heterocycles. The van der Waals surface area contributed by atoms with E-state index in [2.05, 4.69) is 23.6 Å². The number of ether oxygens (including phenoxy) is 1. The van der Waals surface area contributed by atoms with Crippen molar-refractivity contribution in [1.82, 2.24) is 9.80 Å². The number of rotatable bonds is 8. The minimum Gasteiger partial charge on any atom is -0.389 e. The van der Waals surface area contributed by atoms with Crippen molar-refractivity contribution in [3.63, 3.8) is 0 Å². The number of hydrogen-bond acceptors (Lipinski definition) is 4. The molecule has 0 atom stereocenters. The van der Waals surface area contributed by atoms with Gasteiger partial charge < -0.3 is 9.84 Å². The standard InChI is InChI=1S/C15H32N2O2/c1-14(2)5-11-19-12-10-16-6-8-17(9-7-16)13-15(3,4)18/h14,18H,5-13H2,1-4H3. The number of piperazine rings is 1. The zero-order chi connectivity index (χ0) is 14.3. The molecule has 0 aromatic heterocycles. The van der Waals surface area contributed by atoms with Crippen LogP contribution >= 0.6 is 0 Å². The van der Waals surface area contributed by atoms with Crippen LogP contribution in [0, 0.1) is 5.92 Å². The summed E-state index contributed by atoms with van der Waals surface area (Å²) in [5, 5.41) is 9.81. The van der Waals surface area contributed by atoms with Crippen molar-refractivity contribution in [2.24, 2.45) is 5.92 Å². The highest BCUT2D eigenvalue weighted by molar-refractivity contribution is 4.77. The van der Waals surface area contributed by atoms with Gasteiger partial charge in [-0.05, 0) is 26.2 Å². The van der Waals surface area contributed by atoms with E-state index in [1.54, 1.807) is 0 Å². The molecule has 1 fully saturated rings. The Kier molecular flexibility index (Phi) is 7.29. The monoisotopic (exact) mass is 272 g/mol. The van der Waals surface area contributed by atoms with E-state index in [0.29, 0.717) is 0 Å². The fourth-order valence-electron chi connectivity index (χ4n) is 2.33. The van der Waals surface area contributed by atoms with Crippen LogP contribution in [0.25, 0.3) is 0 Å². The highest BCUT2D eigenvalue weighted by Gasteiger charge is 2.22. The first-order chi connectivity index (χ1) is 8.87. The van der Waals surface area contributed by atoms with Crippen LogP contribution in [0.3, 0.4) is 0 Å².